The van der Waals surface area contributed by atoms with Gasteiger partial charge in [-0.05, 0) is 37.3 Å². The van der Waals surface area contributed by atoms with Crippen LogP contribution < -0.4 is 0 Å². The predicted octanol–water partition coefficient (Wildman–Crippen LogP) is 5.77. The molecular weight excluding hydrogens is 462 g/mol. The number of amides is 1. The maximum absolute atomic E-state index is 13.8. The lowest BCUT2D eigenvalue weighted by Gasteiger charge is -2.24. The molecule has 0 saturated carbocycles. The Morgan fingerprint density at radius 2 is 2.16 bits per heavy atom. The highest BCUT2D eigenvalue weighted by Gasteiger charge is 2.29. The average molecular weight is 486 g/mol. The maximum Gasteiger partial charge on any atom is 0.290 e. The summed E-state index contributed by atoms with van der Waals surface area (Å²) in [5.74, 6) is 0.920. The fourth-order valence-corrected chi connectivity index (χ4v) is 6.44. The number of ether oxygens (including phenoxy) is 1. The quantitative estimate of drug-likeness (QED) is 0.295. The molecular formula is C23H23N3O3S3. The number of hydrogen-bond acceptors (Lipinski definition) is 8. The Morgan fingerprint density at radius 1 is 1.25 bits per heavy atom. The van der Waals surface area contributed by atoms with E-state index in [4.69, 9.17) is 9.15 Å². The minimum Gasteiger partial charge on any atom is -0.451 e. The summed E-state index contributed by atoms with van der Waals surface area (Å²) in [5, 5.41) is 12.3. The molecule has 3 aromatic heterocycles. The molecule has 1 aliphatic heterocycles. The summed E-state index contributed by atoms with van der Waals surface area (Å²) in [6, 6.07) is 11.9. The van der Waals surface area contributed by atoms with Gasteiger partial charge in [0.05, 0.1) is 12.6 Å². The number of carbonyl (C=O) groups is 1. The van der Waals surface area contributed by atoms with E-state index in [1.165, 1.54) is 0 Å². The molecule has 0 aliphatic carbocycles. The molecule has 1 atom stereocenters. The summed E-state index contributed by atoms with van der Waals surface area (Å²) in [5.41, 5.74) is 1.64. The Labute approximate surface area is 198 Å². The van der Waals surface area contributed by atoms with Crippen LogP contribution in [0.5, 0.6) is 0 Å². The highest BCUT2D eigenvalue weighted by atomic mass is 32.2. The van der Waals surface area contributed by atoms with Crippen LogP contribution in [0.25, 0.3) is 11.0 Å². The van der Waals surface area contributed by atoms with Crippen molar-refractivity contribution in [1.29, 1.82) is 0 Å². The number of fused-ring (bicyclic) bond motifs is 1. The highest BCUT2D eigenvalue weighted by molar-refractivity contribution is 8.00. The number of thiophene rings is 1. The highest BCUT2D eigenvalue weighted by Crippen LogP contribution is 2.34. The Hall–Kier alpha value is -2.20. The van der Waals surface area contributed by atoms with Crippen LogP contribution in [-0.2, 0) is 17.0 Å². The molecule has 166 valence electrons. The number of benzene rings is 1. The number of carbonyl (C=O) groups excluding carboxylic acids is 1. The van der Waals surface area contributed by atoms with Gasteiger partial charge in [0.1, 0.15) is 10.6 Å². The number of nitrogens with zero attached hydrogens (tertiary/aromatic N) is 3. The first-order valence-electron chi connectivity index (χ1n) is 10.5. The first kappa shape index (κ1) is 21.6. The fraction of sp³-hybridized carbons (Fsp3) is 0.348. The second-order valence-electron chi connectivity index (χ2n) is 7.68. The summed E-state index contributed by atoms with van der Waals surface area (Å²) < 4.78 is 12.9. The van der Waals surface area contributed by atoms with E-state index < -0.39 is 0 Å². The summed E-state index contributed by atoms with van der Waals surface area (Å²) in [7, 11) is 0. The zero-order valence-corrected chi connectivity index (χ0v) is 20.1. The topological polar surface area (TPSA) is 68.5 Å². The summed E-state index contributed by atoms with van der Waals surface area (Å²) in [6.45, 7) is 3.82. The molecule has 4 aromatic rings. The van der Waals surface area contributed by atoms with Gasteiger partial charge in [-0.2, -0.15) is 0 Å². The lowest BCUT2D eigenvalue weighted by atomic mass is 10.1. The molecule has 0 N–H and O–H groups in total. The molecule has 5 rings (SSSR count). The molecule has 1 amide bonds. The third kappa shape index (κ3) is 4.76. The normalized spacial score (nSPS) is 16.1. The van der Waals surface area contributed by atoms with Crippen LogP contribution >= 0.6 is 34.4 Å². The van der Waals surface area contributed by atoms with Crippen LogP contribution in [0.15, 0.2) is 50.5 Å². The van der Waals surface area contributed by atoms with E-state index in [1.54, 1.807) is 34.4 Å². The van der Waals surface area contributed by atoms with Crippen molar-refractivity contribution in [2.75, 3.05) is 13.2 Å². The van der Waals surface area contributed by atoms with E-state index in [0.29, 0.717) is 24.6 Å². The van der Waals surface area contributed by atoms with Crippen LogP contribution in [0.1, 0.15) is 38.8 Å². The van der Waals surface area contributed by atoms with Gasteiger partial charge in [-0.1, -0.05) is 47.4 Å². The van der Waals surface area contributed by atoms with E-state index in [2.05, 4.69) is 16.3 Å². The van der Waals surface area contributed by atoms with Crippen molar-refractivity contribution in [3.63, 3.8) is 0 Å². The van der Waals surface area contributed by atoms with Crippen LogP contribution in [0.4, 0.5) is 0 Å². The summed E-state index contributed by atoms with van der Waals surface area (Å²) >= 11 is 4.80. The Bertz CT molecular complexity index is 1200. The van der Waals surface area contributed by atoms with Gasteiger partial charge in [0, 0.05) is 34.7 Å². The second-order valence-corrected chi connectivity index (χ2v) is 11.1. The maximum atomic E-state index is 13.8. The van der Waals surface area contributed by atoms with Crippen LogP contribution in [0.3, 0.4) is 0 Å². The van der Waals surface area contributed by atoms with Crippen molar-refractivity contribution >= 4 is 51.3 Å². The van der Waals surface area contributed by atoms with Gasteiger partial charge in [-0.3, -0.25) is 4.79 Å². The molecule has 1 aromatic carbocycles. The molecule has 1 saturated heterocycles. The third-order valence-electron chi connectivity index (χ3n) is 5.40. The van der Waals surface area contributed by atoms with E-state index in [0.717, 1.165) is 50.2 Å². The van der Waals surface area contributed by atoms with Crippen molar-refractivity contribution in [2.24, 2.45) is 0 Å². The molecule has 1 aliphatic rings. The fourth-order valence-electron chi connectivity index (χ4n) is 3.87. The summed E-state index contributed by atoms with van der Waals surface area (Å²) in [4.78, 5) is 16.8. The average Bonchev–Trinajstić information content (AvgIpc) is 3.59. The van der Waals surface area contributed by atoms with E-state index >= 15 is 0 Å². The number of furan rings is 1. The molecule has 1 fully saturated rings. The number of thioether (sulfide) groups is 1. The number of aromatic nitrogens is 2. The van der Waals surface area contributed by atoms with Crippen molar-refractivity contribution in [3.8, 4) is 0 Å². The van der Waals surface area contributed by atoms with Crippen molar-refractivity contribution in [1.82, 2.24) is 15.1 Å². The first-order valence-corrected chi connectivity index (χ1v) is 13.2. The molecule has 9 heteroatoms. The number of rotatable bonds is 8. The number of aryl methyl sites for hydroxylation is 1. The summed E-state index contributed by atoms with van der Waals surface area (Å²) in [6.07, 6.45) is 2.10. The van der Waals surface area contributed by atoms with Crippen molar-refractivity contribution < 1.29 is 13.9 Å². The Kier molecular flexibility index (Phi) is 6.59. The molecule has 0 bridgehead atoms. The SMILES string of the molecule is Cc1nnc(SCc2c(C(=O)N(Cc3cccs3)CC3CCCO3)oc3ccccc23)s1. The van der Waals surface area contributed by atoms with Crippen LogP contribution in [-0.4, -0.2) is 40.3 Å². The zero-order valence-electron chi connectivity index (χ0n) is 17.7. The molecule has 4 heterocycles. The molecule has 6 nitrogen and oxygen atoms in total. The van der Waals surface area contributed by atoms with E-state index in [1.807, 2.05) is 47.5 Å². The third-order valence-corrected chi connectivity index (χ3v) is 8.26. The van der Waals surface area contributed by atoms with E-state index in [-0.39, 0.29) is 12.0 Å². The number of hydrogen-bond donors (Lipinski definition) is 0. The van der Waals surface area contributed by atoms with Gasteiger partial charge in [0.25, 0.3) is 5.91 Å². The smallest absolute Gasteiger partial charge is 0.290 e. The lowest BCUT2D eigenvalue weighted by molar-refractivity contribution is 0.0487. The van der Waals surface area contributed by atoms with Gasteiger partial charge >= 0.3 is 0 Å². The standard InChI is InChI=1S/C23H23N3O3S3/c1-15-24-25-23(32-15)31-14-19-18-8-2-3-9-20(18)29-21(19)22(27)26(12-16-6-4-10-28-16)13-17-7-5-11-30-17/h2-3,5,7-9,11,16H,4,6,10,12-14H2,1H3. The molecule has 32 heavy (non-hydrogen) atoms. The predicted molar refractivity (Wildman–Crippen MR) is 128 cm³/mol. The van der Waals surface area contributed by atoms with Crippen LogP contribution in [0, 0.1) is 6.92 Å². The zero-order chi connectivity index (χ0) is 21.9. The second kappa shape index (κ2) is 9.74. The number of para-hydroxylation sites is 1. The van der Waals surface area contributed by atoms with Gasteiger partial charge in [-0.15, -0.1) is 21.5 Å². The monoisotopic (exact) mass is 485 g/mol. The van der Waals surface area contributed by atoms with Gasteiger partial charge in [0.2, 0.25) is 0 Å². The lowest BCUT2D eigenvalue weighted by Crippen LogP contribution is -2.37. The minimum atomic E-state index is -0.0888. The first-order chi connectivity index (χ1) is 15.7. The molecule has 0 spiro atoms. The van der Waals surface area contributed by atoms with Gasteiger partial charge < -0.3 is 14.1 Å². The van der Waals surface area contributed by atoms with Crippen LogP contribution in [0.2, 0.25) is 0 Å². The molecule has 1 unspecified atom stereocenters. The minimum absolute atomic E-state index is 0.0745. The Morgan fingerprint density at radius 3 is 2.91 bits per heavy atom. The van der Waals surface area contributed by atoms with Crippen molar-refractivity contribution in [2.45, 2.75) is 42.5 Å². The molecule has 0 radical (unpaired) electrons. The van der Waals surface area contributed by atoms with Crippen molar-refractivity contribution in [3.05, 3.63) is 63.0 Å². The van der Waals surface area contributed by atoms with Gasteiger partial charge in [0.15, 0.2) is 10.1 Å². The largest absolute Gasteiger partial charge is 0.451 e. The Balaban J connectivity index is 1.46. The van der Waals surface area contributed by atoms with E-state index in [9.17, 15) is 4.79 Å². The van der Waals surface area contributed by atoms with Gasteiger partial charge in [-0.25, -0.2) is 0 Å².